The van der Waals surface area contributed by atoms with Crippen LogP contribution < -0.4 is 5.32 Å². The number of aliphatic carboxylic acids is 1. The smallest absolute Gasteiger partial charge is 0.408 e. The van der Waals surface area contributed by atoms with Gasteiger partial charge in [-0.1, -0.05) is 13.7 Å². The fraction of sp³-hybridized carbons (Fsp3) is 0.818. The lowest BCUT2D eigenvalue weighted by Gasteiger charge is -2.22. The van der Waals surface area contributed by atoms with Gasteiger partial charge in [-0.2, -0.15) is 0 Å². The van der Waals surface area contributed by atoms with Gasteiger partial charge in [-0.25, -0.2) is 9.59 Å². The summed E-state index contributed by atoms with van der Waals surface area (Å²) in [6.07, 6.45) is -2.28. The Labute approximate surface area is 106 Å². The van der Waals surface area contributed by atoms with Crippen LogP contribution in [0, 0.1) is 5.89 Å². The Morgan fingerprint density at radius 1 is 1.50 bits per heavy atom. The average molecular weight is 238 g/mol. The zero-order valence-electron chi connectivity index (χ0n) is 16.5. The second kappa shape index (κ2) is 5.72. The van der Waals surface area contributed by atoms with Crippen molar-refractivity contribution in [3.63, 3.8) is 0 Å². The van der Waals surface area contributed by atoms with Gasteiger partial charge in [0.05, 0.1) is 0 Å². The molecule has 0 aliphatic carbocycles. The van der Waals surface area contributed by atoms with Crippen LogP contribution in [0.1, 0.15) is 50.5 Å². The Kier molecular flexibility index (Phi) is 2.31. The highest BCUT2D eigenvalue weighted by atomic mass is 16.6. The summed E-state index contributed by atoms with van der Waals surface area (Å²) >= 11 is 0. The van der Waals surface area contributed by atoms with Crippen LogP contribution in [0.3, 0.4) is 0 Å². The number of rotatable bonds is 4. The summed E-state index contributed by atoms with van der Waals surface area (Å²) in [4.78, 5) is 22.8. The second-order valence-corrected chi connectivity index (χ2v) is 4.22. The first-order valence-corrected chi connectivity index (χ1v) is 4.63. The van der Waals surface area contributed by atoms with Gasteiger partial charge in [-0.15, -0.1) is 0 Å². The largest absolute Gasteiger partial charge is 0.480 e. The molecule has 0 rings (SSSR count). The van der Waals surface area contributed by atoms with Gasteiger partial charge in [0, 0.05) is 9.60 Å². The molecule has 0 saturated heterocycles. The summed E-state index contributed by atoms with van der Waals surface area (Å²) in [6, 6.07) is -1.90. The lowest BCUT2D eigenvalue weighted by molar-refractivity contribution is -0.139. The van der Waals surface area contributed by atoms with E-state index in [9.17, 15) is 9.59 Å². The van der Waals surface area contributed by atoms with Crippen LogP contribution >= 0.6 is 0 Å². The SMILES string of the molecule is [2H]C([2H])([2H])C([2H])(C[C@H](NC(=O)OC(C)(C)C)C(=O)O)C([2H])([2H])[2H]. The topological polar surface area (TPSA) is 75.6 Å². The third-order valence-corrected chi connectivity index (χ3v) is 1.40. The second-order valence-electron chi connectivity index (χ2n) is 4.22. The van der Waals surface area contributed by atoms with Crippen molar-refractivity contribution in [1.29, 1.82) is 0 Å². The van der Waals surface area contributed by atoms with E-state index < -0.39 is 49.7 Å². The number of carbonyl (C=O) groups is 2. The first-order valence-electron chi connectivity index (χ1n) is 8.13. The number of amides is 1. The molecule has 5 nitrogen and oxygen atoms in total. The summed E-state index contributed by atoms with van der Waals surface area (Å²) in [5.74, 6) is -4.72. The third kappa shape index (κ3) is 7.09. The Bertz CT molecular complexity index is 439. The molecule has 94 valence electrons. The first kappa shape index (κ1) is 6.47. The fourth-order valence-corrected chi connectivity index (χ4v) is 0.854. The lowest BCUT2D eigenvalue weighted by atomic mass is 10.0. The number of nitrogens with one attached hydrogen (secondary N) is 1. The predicted octanol–water partition coefficient (Wildman–Crippen LogP) is 2.01. The highest BCUT2D eigenvalue weighted by Crippen LogP contribution is 2.09. The maximum atomic E-state index is 11.6. The van der Waals surface area contributed by atoms with E-state index in [0.717, 1.165) is 0 Å². The van der Waals surface area contributed by atoms with E-state index in [2.05, 4.69) is 0 Å². The molecular weight excluding hydrogens is 210 g/mol. The van der Waals surface area contributed by atoms with Gasteiger partial charge < -0.3 is 15.2 Å². The molecule has 0 heterocycles. The van der Waals surface area contributed by atoms with Crippen LogP contribution in [0.15, 0.2) is 0 Å². The number of hydrogen-bond acceptors (Lipinski definition) is 3. The standard InChI is InChI=1S/C11H21NO4/c1-7(2)6-8(9(13)14)12-10(15)16-11(3,4)5/h7-8H,6H2,1-5H3,(H,12,15)(H,13,14)/t8-/m0/s1/i1D3,2D3,7D. The molecule has 0 aromatic carbocycles. The van der Waals surface area contributed by atoms with Crippen LogP contribution in [-0.2, 0) is 9.53 Å². The minimum absolute atomic E-state index is 0.931. The number of hydrogen-bond donors (Lipinski definition) is 2. The zero-order chi connectivity index (χ0) is 18.9. The maximum Gasteiger partial charge on any atom is 0.408 e. The van der Waals surface area contributed by atoms with E-state index in [1.54, 1.807) is 0 Å². The van der Waals surface area contributed by atoms with E-state index in [-0.39, 0.29) is 0 Å². The van der Waals surface area contributed by atoms with Crippen molar-refractivity contribution in [1.82, 2.24) is 5.32 Å². The summed E-state index contributed by atoms with van der Waals surface area (Å²) < 4.78 is 56.1. The Morgan fingerprint density at radius 2 is 2.06 bits per heavy atom. The molecule has 0 saturated carbocycles. The number of ether oxygens (including phenoxy) is 1. The average Bonchev–Trinajstić information content (AvgIpc) is 2.21. The molecule has 0 fully saturated rings. The highest BCUT2D eigenvalue weighted by molar-refractivity contribution is 5.79. The summed E-state index contributed by atoms with van der Waals surface area (Å²) in [6.45, 7) is -1.96. The van der Waals surface area contributed by atoms with Crippen molar-refractivity contribution >= 4 is 12.1 Å². The molecule has 0 aromatic heterocycles. The Morgan fingerprint density at radius 3 is 2.44 bits per heavy atom. The van der Waals surface area contributed by atoms with Crippen LogP contribution in [-0.4, -0.2) is 28.8 Å². The molecule has 0 radical (unpaired) electrons. The van der Waals surface area contributed by atoms with E-state index in [4.69, 9.17) is 19.4 Å². The minimum atomic E-state index is -3.28. The van der Waals surface area contributed by atoms with Gasteiger partial charge in [-0.05, 0) is 33.1 Å². The number of alkyl carbamates (subject to hydrolysis) is 1. The molecule has 5 heteroatoms. The third-order valence-electron chi connectivity index (χ3n) is 1.40. The van der Waals surface area contributed by atoms with E-state index in [1.165, 1.54) is 20.8 Å². The van der Waals surface area contributed by atoms with Gasteiger partial charge in [0.2, 0.25) is 0 Å². The van der Waals surface area contributed by atoms with Crippen molar-refractivity contribution in [2.24, 2.45) is 5.89 Å². The van der Waals surface area contributed by atoms with Gasteiger partial charge in [0.15, 0.2) is 0 Å². The minimum Gasteiger partial charge on any atom is -0.480 e. The van der Waals surface area contributed by atoms with Crippen molar-refractivity contribution in [2.75, 3.05) is 0 Å². The highest BCUT2D eigenvalue weighted by Gasteiger charge is 2.24. The lowest BCUT2D eigenvalue weighted by Crippen LogP contribution is -2.44. The molecule has 0 bridgehead atoms. The van der Waals surface area contributed by atoms with Crippen molar-refractivity contribution in [3.8, 4) is 0 Å². The van der Waals surface area contributed by atoms with Gasteiger partial charge in [0.25, 0.3) is 0 Å². The molecule has 0 aromatic rings. The molecule has 16 heavy (non-hydrogen) atoms. The molecular formula is C11H21NO4. The maximum absolute atomic E-state index is 11.6. The fourth-order valence-electron chi connectivity index (χ4n) is 0.854. The molecule has 0 aliphatic heterocycles. The number of carboxylic acid groups (broad SMARTS) is 1. The van der Waals surface area contributed by atoms with Crippen molar-refractivity contribution < 1.29 is 29.0 Å². The van der Waals surface area contributed by atoms with Gasteiger partial charge in [0.1, 0.15) is 11.6 Å². The van der Waals surface area contributed by atoms with Crippen molar-refractivity contribution in [2.45, 2.75) is 52.5 Å². The molecule has 1 atom stereocenters. The zero-order valence-corrected chi connectivity index (χ0v) is 9.46. The molecule has 0 aliphatic rings. The molecule has 0 unspecified atom stereocenters. The van der Waals surface area contributed by atoms with Gasteiger partial charge in [-0.3, -0.25) is 0 Å². The van der Waals surface area contributed by atoms with E-state index in [0.29, 0.717) is 0 Å². The summed E-state index contributed by atoms with van der Waals surface area (Å²) in [5.41, 5.74) is -0.931. The van der Waals surface area contributed by atoms with Crippen LogP contribution in [0.2, 0.25) is 0 Å². The monoisotopic (exact) mass is 238 g/mol. The Hall–Kier alpha value is -1.26. The van der Waals surface area contributed by atoms with Crippen LogP contribution in [0.5, 0.6) is 0 Å². The quantitative estimate of drug-likeness (QED) is 0.785. The molecule has 2 N–H and O–H groups in total. The Balaban J connectivity index is 5.41. The predicted molar refractivity (Wildman–Crippen MR) is 60.2 cm³/mol. The van der Waals surface area contributed by atoms with Crippen molar-refractivity contribution in [3.05, 3.63) is 0 Å². The van der Waals surface area contributed by atoms with E-state index >= 15 is 0 Å². The first-order chi connectivity index (χ1) is 9.91. The van der Waals surface area contributed by atoms with Gasteiger partial charge >= 0.3 is 12.1 Å². The molecule has 0 spiro atoms. The summed E-state index contributed by atoms with van der Waals surface area (Å²) in [5, 5.41) is 11.0. The van der Waals surface area contributed by atoms with Crippen LogP contribution in [0.25, 0.3) is 0 Å². The molecule has 1 amide bonds. The summed E-state index contributed by atoms with van der Waals surface area (Å²) in [7, 11) is 0. The van der Waals surface area contributed by atoms with E-state index in [1.807, 2.05) is 5.32 Å². The van der Waals surface area contributed by atoms with Crippen LogP contribution in [0.4, 0.5) is 4.79 Å². The number of carboxylic acids is 1. The normalized spacial score (nSPS) is 22.1. The number of carbonyl (C=O) groups excluding carboxylic acids is 1.